The van der Waals surface area contributed by atoms with Crippen molar-refractivity contribution in [3.63, 3.8) is 0 Å². The van der Waals surface area contributed by atoms with Gasteiger partial charge in [-0.1, -0.05) is 13.0 Å². The van der Waals surface area contributed by atoms with E-state index in [2.05, 4.69) is 12.2 Å². The molecule has 0 atom stereocenters. The van der Waals surface area contributed by atoms with Crippen molar-refractivity contribution in [2.75, 3.05) is 11.9 Å². The number of hydrogen-bond acceptors (Lipinski definition) is 3. The summed E-state index contributed by atoms with van der Waals surface area (Å²) in [4.78, 5) is 12.0. The molecule has 5 heteroatoms. The molecular formula is C14H21ClN2O2. The molecule has 106 valence electrons. The van der Waals surface area contributed by atoms with Gasteiger partial charge < -0.3 is 15.8 Å². The van der Waals surface area contributed by atoms with E-state index in [9.17, 15) is 4.79 Å². The van der Waals surface area contributed by atoms with E-state index in [1.165, 1.54) is 0 Å². The van der Waals surface area contributed by atoms with Gasteiger partial charge in [-0.3, -0.25) is 4.79 Å². The Morgan fingerprint density at radius 3 is 2.79 bits per heavy atom. The number of ether oxygens (including phenoxy) is 1. The number of benzene rings is 1. The first kappa shape index (κ1) is 15.8. The van der Waals surface area contributed by atoms with Crippen LogP contribution in [0, 0.1) is 0 Å². The first-order valence-electron chi connectivity index (χ1n) is 6.47. The van der Waals surface area contributed by atoms with Crippen LogP contribution in [0.5, 0.6) is 5.75 Å². The number of hydrogen-bond donors (Lipinski definition) is 2. The van der Waals surface area contributed by atoms with Crippen LogP contribution in [0.4, 0.5) is 5.69 Å². The third-order valence-corrected chi connectivity index (χ3v) is 3.26. The Kier molecular flexibility index (Phi) is 5.63. The standard InChI is InChI=1S/C14H20N2O2.ClH/c1-2-9-18-12-6-3-5-11(10-12)16-13(17)14(15)7-4-8-14;/h3,5-6,10H,2,4,7-9,15H2,1H3,(H,16,17);1H. The Morgan fingerprint density at radius 2 is 2.21 bits per heavy atom. The summed E-state index contributed by atoms with van der Waals surface area (Å²) in [5, 5.41) is 2.86. The van der Waals surface area contributed by atoms with Crippen LogP contribution in [0.2, 0.25) is 0 Å². The molecule has 1 fully saturated rings. The van der Waals surface area contributed by atoms with E-state index in [0.29, 0.717) is 6.61 Å². The van der Waals surface area contributed by atoms with Crippen molar-refractivity contribution in [3.05, 3.63) is 24.3 Å². The van der Waals surface area contributed by atoms with E-state index < -0.39 is 5.54 Å². The lowest BCUT2D eigenvalue weighted by molar-refractivity contribution is -0.123. The summed E-state index contributed by atoms with van der Waals surface area (Å²) in [5.41, 5.74) is 6.04. The molecule has 1 aromatic rings. The molecule has 19 heavy (non-hydrogen) atoms. The summed E-state index contributed by atoms with van der Waals surface area (Å²) in [5.74, 6) is 0.677. The zero-order valence-electron chi connectivity index (χ0n) is 11.1. The Balaban J connectivity index is 0.00000180. The molecule has 1 saturated carbocycles. The van der Waals surface area contributed by atoms with Gasteiger partial charge in [0.15, 0.2) is 0 Å². The molecule has 3 N–H and O–H groups in total. The van der Waals surface area contributed by atoms with Crippen LogP contribution in [0.3, 0.4) is 0 Å². The average molecular weight is 285 g/mol. The van der Waals surface area contributed by atoms with Gasteiger partial charge >= 0.3 is 0 Å². The Morgan fingerprint density at radius 1 is 1.47 bits per heavy atom. The molecule has 1 aliphatic carbocycles. The van der Waals surface area contributed by atoms with Gasteiger partial charge in [0, 0.05) is 11.8 Å². The Labute approximate surface area is 120 Å². The molecule has 0 saturated heterocycles. The molecular weight excluding hydrogens is 264 g/mol. The van der Waals surface area contributed by atoms with Crippen LogP contribution in [0.25, 0.3) is 0 Å². The number of nitrogens with two attached hydrogens (primary N) is 1. The molecule has 0 bridgehead atoms. The number of carbonyl (C=O) groups excluding carboxylic acids is 1. The summed E-state index contributed by atoms with van der Waals surface area (Å²) in [7, 11) is 0. The summed E-state index contributed by atoms with van der Waals surface area (Å²) in [6, 6.07) is 7.42. The van der Waals surface area contributed by atoms with Crippen LogP contribution < -0.4 is 15.8 Å². The van der Waals surface area contributed by atoms with E-state index in [1.54, 1.807) is 0 Å². The van der Waals surface area contributed by atoms with Crippen molar-refractivity contribution >= 4 is 24.0 Å². The van der Waals surface area contributed by atoms with Gasteiger partial charge in [-0.05, 0) is 37.8 Å². The fourth-order valence-corrected chi connectivity index (χ4v) is 1.92. The van der Waals surface area contributed by atoms with Crippen molar-refractivity contribution in [2.45, 2.75) is 38.1 Å². The van der Waals surface area contributed by atoms with Crippen LogP contribution in [0.15, 0.2) is 24.3 Å². The van der Waals surface area contributed by atoms with Gasteiger partial charge in [0.25, 0.3) is 0 Å². The third-order valence-electron chi connectivity index (χ3n) is 3.26. The fraction of sp³-hybridized carbons (Fsp3) is 0.500. The smallest absolute Gasteiger partial charge is 0.244 e. The van der Waals surface area contributed by atoms with Crippen LogP contribution in [-0.2, 0) is 4.79 Å². The van der Waals surface area contributed by atoms with Gasteiger partial charge in [0.2, 0.25) is 5.91 Å². The normalized spacial score (nSPS) is 15.9. The molecule has 1 aliphatic rings. The molecule has 0 radical (unpaired) electrons. The zero-order valence-corrected chi connectivity index (χ0v) is 12.0. The lowest BCUT2D eigenvalue weighted by atomic mass is 9.77. The van der Waals surface area contributed by atoms with Gasteiger partial charge in [0.05, 0.1) is 12.1 Å². The molecule has 1 amide bonds. The predicted octanol–water partition coefficient (Wildman–Crippen LogP) is 2.72. The third kappa shape index (κ3) is 3.85. The van der Waals surface area contributed by atoms with Gasteiger partial charge in [-0.25, -0.2) is 0 Å². The van der Waals surface area contributed by atoms with E-state index in [0.717, 1.165) is 37.1 Å². The van der Waals surface area contributed by atoms with Crippen molar-refractivity contribution in [2.24, 2.45) is 5.73 Å². The molecule has 4 nitrogen and oxygen atoms in total. The number of carbonyl (C=O) groups is 1. The molecule has 1 aromatic carbocycles. The second-order valence-electron chi connectivity index (χ2n) is 4.84. The number of nitrogens with one attached hydrogen (secondary N) is 1. The van der Waals surface area contributed by atoms with Gasteiger partial charge in [0.1, 0.15) is 5.75 Å². The molecule has 0 heterocycles. The van der Waals surface area contributed by atoms with Gasteiger partial charge in [-0.15, -0.1) is 12.4 Å². The molecule has 2 rings (SSSR count). The first-order chi connectivity index (χ1) is 8.64. The summed E-state index contributed by atoms with van der Waals surface area (Å²) in [6.07, 6.45) is 3.53. The minimum Gasteiger partial charge on any atom is -0.494 e. The summed E-state index contributed by atoms with van der Waals surface area (Å²) >= 11 is 0. The maximum atomic E-state index is 12.0. The summed E-state index contributed by atoms with van der Waals surface area (Å²) in [6.45, 7) is 2.73. The number of anilines is 1. The highest BCUT2D eigenvalue weighted by Crippen LogP contribution is 2.30. The van der Waals surface area contributed by atoms with Crippen LogP contribution >= 0.6 is 12.4 Å². The van der Waals surface area contributed by atoms with Crippen molar-refractivity contribution in [1.82, 2.24) is 0 Å². The molecule has 0 aromatic heterocycles. The highest BCUT2D eigenvalue weighted by Gasteiger charge is 2.40. The number of amides is 1. The van der Waals surface area contributed by atoms with Crippen LogP contribution in [0.1, 0.15) is 32.6 Å². The van der Waals surface area contributed by atoms with Crippen molar-refractivity contribution in [1.29, 1.82) is 0 Å². The van der Waals surface area contributed by atoms with Crippen LogP contribution in [-0.4, -0.2) is 18.1 Å². The van der Waals surface area contributed by atoms with E-state index in [4.69, 9.17) is 10.5 Å². The lowest BCUT2D eigenvalue weighted by Crippen LogP contribution is -2.56. The lowest BCUT2D eigenvalue weighted by Gasteiger charge is -2.36. The van der Waals surface area contributed by atoms with Crippen molar-refractivity contribution < 1.29 is 9.53 Å². The minimum absolute atomic E-state index is 0. The topological polar surface area (TPSA) is 64.3 Å². The SMILES string of the molecule is CCCOc1cccc(NC(=O)C2(N)CCC2)c1.Cl. The van der Waals surface area contributed by atoms with E-state index >= 15 is 0 Å². The largest absolute Gasteiger partial charge is 0.494 e. The minimum atomic E-state index is -0.666. The Hall–Kier alpha value is -1.26. The van der Waals surface area contributed by atoms with Crippen molar-refractivity contribution in [3.8, 4) is 5.75 Å². The predicted molar refractivity (Wildman–Crippen MR) is 78.9 cm³/mol. The first-order valence-corrected chi connectivity index (χ1v) is 6.47. The average Bonchev–Trinajstić information content (AvgIpc) is 2.34. The second kappa shape index (κ2) is 6.78. The van der Waals surface area contributed by atoms with Gasteiger partial charge in [-0.2, -0.15) is 0 Å². The van der Waals surface area contributed by atoms with E-state index in [1.807, 2.05) is 24.3 Å². The zero-order chi connectivity index (χ0) is 13.0. The fourth-order valence-electron chi connectivity index (χ4n) is 1.92. The highest BCUT2D eigenvalue weighted by atomic mass is 35.5. The molecule has 0 spiro atoms. The quantitative estimate of drug-likeness (QED) is 0.874. The summed E-state index contributed by atoms with van der Waals surface area (Å²) < 4.78 is 5.52. The van der Waals surface area contributed by atoms with E-state index in [-0.39, 0.29) is 18.3 Å². The molecule has 0 aliphatic heterocycles. The molecule has 0 unspecified atom stereocenters. The monoisotopic (exact) mass is 284 g/mol. The maximum absolute atomic E-state index is 12.0. The number of halogens is 1. The highest BCUT2D eigenvalue weighted by molar-refractivity contribution is 5.98. The number of rotatable bonds is 5. The second-order valence-corrected chi connectivity index (χ2v) is 4.84. The maximum Gasteiger partial charge on any atom is 0.244 e. The Bertz CT molecular complexity index is 433.